The molecule has 6 heteroatoms. The minimum atomic E-state index is -0.167. The number of rotatable bonds is 4. The SMILES string of the molecule is CCC(C)C(=O)N1CCCC(C(=O)Nc2ccc(N)nc2)C1. The number of nitrogens with one attached hydrogen (secondary N) is 1. The maximum absolute atomic E-state index is 12.4. The summed E-state index contributed by atoms with van der Waals surface area (Å²) in [6.45, 7) is 5.19. The Morgan fingerprint density at radius 3 is 2.91 bits per heavy atom. The number of carbonyl (C=O) groups is 2. The lowest BCUT2D eigenvalue weighted by atomic mass is 9.95. The van der Waals surface area contributed by atoms with Crippen LogP contribution in [-0.2, 0) is 9.59 Å². The van der Waals surface area contributed by atoms with E-state index in [2.05, 4.69) is 10.3 Å². The summed E-state index contributed by atoms with van der Waals surface area (Å²) in [6.07, 6.45) is 4.03. The Kier molecular flexibility index (Phi) is 5.35. The maximum Gasteiger partial charge on any atom is 0.229 e. The predicted octanol–water partition coefficient (Wildman–Crippen LogP) is 1.89. The number of aromatic nitrogens is 1. The van der Waals surface area contributed by atoms with Crippen LogP contribution < -0.4 is 11.1 Å². The van der Waals surface area contributed by atoms with Gasteiger partial charge in [-0.25, -0.2) is 4.98 Å². The Hall–Kier alpha value is -2.11. The number of amides is 2. The highest BCUT2D eigenvalue weighted by Crippen LogP contribution is 2.21. The molecule has 0 radical (unpaired) electrons. The van der Waals surface area contributed by atoms with Gasteiger partial charge in [-0.3, -0.25) is 9.59 Å². The fourth-order valence-corrected chi connectivity index (χ4v) is 2.60. The fraction of sp³-hybridized carbons (Fsp3) is 0.562. The fourth-order valence-electron chi connectivity index (χ4n) is 2.60. The third-order valence-corrected chi connectivity index (χ3v) is 4.19. The molecule has 3 N–H and O–H groups in total. The molecule has 0 aromatic carbocycles. The highest BCUT2D eigenvalue weighted by Gasteiger charge is 2.29. The van der Waals surface area contributed by atoms with Gasteiger partial charge >= 0.3 is 0 Å². The van der Waals surface area contributed by atoms with Crippen molar-refractivity contribution >= 4 is 23.3 Å². The summed E-state index contributed by atoms with van der Waals surface area (Å²) in [6, 6.07) is 3.38. The van der Waals surface area contributed by atoms with Crippen molar-refractivity contribution in [2.24, 2.45) is 11.8 Å². The molecule has 1 aliphatic heterocycles. The smallest absolute Gasteiger partial charge is 0.229 e. The van der Waals surface area contributed by atoms with Crippen molar-refractivity contribution in [2.45, 2.75) is 33.1 Å². The lowest BCUT2D eigenvalue weighted by Crippen LogP contribution is -2.45. The van der Waals surface area contributed by atoms with E-state index >= 15 is 0 Å². The van der Waals surface area contributed by atoms with Gasteiger partial charge in [0.15, 0.2) is 0 Å². The summed E-state index contributed by atoms with van der Waals surface area (Å²) in [5.74, 6) is 0.353. The zero-order chi connectivity index (χ0) is 16.1. The first-order chi connectivity index (χ1) is 10.5. The minimum Gasteiger partial charge on any atom is -0.384 e. The highest BCUT2D eigenvalue weighted by atomic mass is 16.2. The second-order valence-electron chi connectivity index (χ2n) is 5.89. The second-order valence-corrected chi connectivity index (χ2v) is 5.89. The van der Waals surface area contributed by atoms with Crippen LogP contribution >= 0.6 is 0 Å². The summed E-state index contributed by atoms with van der Waals surface area (Å²) in [5, 5.41) is 2.85. The Bertz CT molecular complexity index is 529. The van der Waals surface area contributed by atoms with Gasteiger partial charge in [-0.15, -0.1) is 0 Å². The van der Waals surface area contributed by atoms with Crippen LogP contribution in [0.2, 0.25) is 0 Å². The van der Waals surface area contributed by atoms with Crippen LogP contribution in [0.25, 0.3) is 0 Å². The topological polar surface area (TPSA) is 88.3 Å². The van der Waals surface area contributed by atoms with Gasteiger partial charge in [0.2, 0.25) is 11.8 Å². The molecule has 1 aliphatic rings. The molecular weight excluding hydrogens is 280 g/mol. The molecule has 120 valence electrons. The van der Waals surface area contributed by atoms with E-state index in [1.165, 1.54) is 6.20 Å². The van der Waals surface area contributed by atoms with Crippen molar-refractivity contribution in [3.8, 4) is 0 Å². The van der Waals surface area contributed by atoms with Gasteiger partial charge in [-0.05, 0) is 31.4 Å². The van der Waals surface area contributed by atoms with Crippen molar-refractivity contribution in [1.82, 2.24) is 9.88 Å². The van der Waals surface area contributed by atoms with Crippen molar-refractivity contribution < 1.29 is 9.59 Å². The third-order valence-electron chi connectivity index (χ3n) is 4.19. The number of hydrogen-bond donors (Lipinski definition) is 2. The van der Waals surface area contributed by atoms with Crippen LogP contribution in [0, 0.1) is 11.8 Å². The predicted molar refractivity (Wildman–Crippen MR) is 86.0 cm³/mol. The normalized spacial score (nSPS) is 19.5. The molecule has 2 rings (SSSR count). The van der Waals surface area contributed by atoms with Crippen LogP contribution in [-0.4, -0.2) is 34.8 Å². The Labute approximate surface area is 131 Å². The van der Waals surface area contributed by atoms with Gasteiger partial charge < -0.3 is 16.0 Å². The van der Waals surface area contributed by atoms with E-state index in [1.54, 1.807) is 12.1 Å². The number of likely N-dealkylation sites (tertiary alicyclic amines) is 1. The number of nitrogens with zero attached hydrogens (tertiary/aromatic N) is 2. The Balaban J connectivity index is 1.95. The van der Waals surface area contributed by atoms with Gasteiger partial charge in [0.1, 0.15) is 5.82 Å². The first-order valence-electron chi connectivity index (χ1n) is 7.82. The summed E-state index contributed by atoms with van der Waals surface area (Å²) in [5.41, 5.74) is 6.15. The van der Waals surface area contributed by atoms with E-state index in [1.807, 2.05) is 18.7 Å². The molecule has 0 spiro atoms. The van der Waals surface area contributed by atoms with E-state index in [4.69, 9.17) is 5.73 Å². The van der Waals surface area contributed by atoms with Crippen LogP contribution in [0.3, 0.4) is 0 Å². The monoisotopic (exact) mass is 304 g/mol. The number of nitrogen functional groups attached to an aromatic ring is 1. The number of anilines is 2. The average Bonchev–Trinajstić information content (AvgIpc) is 2.55. The van der Waals surface area contributed by atoms with Gasteiger partial charge in [-0.1, -0.05) is 13.8 Å². The first-order valence-corrected chi connectivity index (χ1v) is 7.82. The number of piperidine rings is 1. The number of carbonyl (C=O) groups excluding carboxylic acids is 2. The molecule has 2 atom stereocenters. The van der Waals surface area contributed by atoms with E-state index in [-0.39, 0.29) is 23.7 Å². The Morgan fingerprint density at radius 1 is 1.50 bits per heavy atom. The Morgan fingerprint density at radius 2 is 2.27 bits per heavy atom. The molecular formula is C16H24N4O2. The number of pyridine rings is 1. The molecule has 1 saturated heterocycles. The summed E-state index contributed by atoms with van der Waals surface area (Å²) in [7, 11) is 0. The van der Waals surface area contributed by atoms with E-state index in [0.717, 1.165) is 25.8 Å². The maximum atomic E-state index is 12.4. The molecule has 1 fully saturated rings. The zero-order valence-electron chi connectivity index (χ0n) is 13.2. The lowest BCUT2D eigenvalue weighted by Gasteiger charge is -2.33. The summed E-state index contributed by atoms with van der Waals surface area (Å²) >= 11 is 0. The van der Waals surface area contributed by atoms with Crippen molar-refractivity contribution in [3.63, 3.8) is 0 Å². The first kappa shape index (κ1) is 16.3. The van der Waals surface area contributed by atoms with Crippen LogP contribution in [0.1, 0.15) is 33.1 Å². The molecule has 2 unspecified atom stereocenters. The lowest BCUT2D eigenvalue weighted by molar-refractivity contribution is -0.138. The largest absolute Gasteiger partial charge is 0.384 e. The third kappa shape index (κ3) is 3.96. The standard InChI is InChI=1S/C16H24N4O2/c1-3-11(2)16(22)20-8-4-5-12(10-20)15(21)19-13-6-7-14(17)18-9-13/h6-7,9,11-12H,3-5,8,10H2,1-2H3,(H2,17,18)(H,19,21). The number of nitrogens with two attached hydrogens (primary N) is 1. The van der Waals surface area contributed by atoms with Crippen molar-refractivity contribution in [2.75, 3.05) is 24.1 Å². The van der Waals surface area contributed by atoms with E-state index in [0.29, 0.717) is 18.1 Å². The van der Waals surface area contributed by atoms with Gasteiger partial charge in [-0.2, -0.15) is 0 Å². The molecule has 1 aromatic rings. The molecule has 0 aliphatic carbocycles. The zero-order valence-corrected chi connectivity index (χ0v) is 13.2. The summed E-state index contributed by atoms with van der Waals surface area (Å²) < 4.78 is 0. The molecule has 1 aromatic heterocycles. The molecule has 6 nitrogen and oxygen atoms in total. The van der Waals surface area contributed by atoms with Crippen LogP contribution in [0.4, 0.5) is 11.5 Å². The van der Waals surface area contributed by atoms with Gasteiger partial charge in [0, 0.05) is 19.0 Å². The molecule has 2 amide bonds. The van der Waals surface area contributed by atoms with E-state index in [9.17, 15) is 9.59 Å². The molecule has 22 heavy (non-hydrogen) atoms. The quantitative estimate of drug-likeness (QED) is 0.889. The molecule has 0 saturated carbocycles. The molecule has 2 heterocycles. The van der Waals surface area contributed by atoms with Crippen molar-refractivity contribution in [3.05, 3.63) is 18.3 Å². The van der Waals surface area contributed by atoms with Gasteiger partial charge in [0.25, 0.3) is 0 Å². The minimum absolute atomic E-state index is 0.0168. The van der Waals surface area contributed by atoms with Crippen molar-refractivity contribution in [1.29, 1.82) is 0 Å². The number of hydrogen-bond acceptors (Lipinski definition) is 4. The van der Waals surface area contributed by atoms with E-state index < -0.39 is 0 Å². The highest BCUT2D eigenvalue weighted by molar-refractivity contribution is 5.93. The average molecular weight is 304 g/mol. The molecule has 0 bridgehead atoms. The van der Waals surface area contributed by atoms with Gasteiger partial charge in [0.05, 0.1) is 17.8 Å². The van der Waals surface area contributed by atoms with Crippen LogP contribution in [0.5, 0.6) is 0 Å². The summed E-state index contributed by atoms with van der Waals surface area (Å²) in [4.78, 5) is 30.4. The van der Waals surface area contributed by atoms with Crippen LogP contribution in [0.15, 0.2) is 18.3 Å². The second kappa shape index (κ2) is 7.24.